The highest BCUT2D eigenvalue weighted by Gasteiger charge is 2.26. The van der Waals surface area contributed by atoms with Crippen LogP contribution in [0.1, 0.15) is 26.7 Å². The Hall–Kier alpha value is -0.810. The number of ether oxygens (including phenoxy) is 1. The fourth-order valence-electron chi connectivity index (χ4n) is 2.55. The third-order valence-electron chi connectivity index (χ3n) is 3.86. The van der Waals surface area contributed by atoms with Gasteiger partial charge in [-0.25, -0.2) is 4.79 Å². The predicted molar refractivity (Wildman–Crippen MR) is 70.7 cm³/mol. The van der Waals surface area contributed by atoms with Crippen molar-refractivity contribution in [3.05, 3.63) is 0 Å². The maximum atomic E-state index is 12.0. The van der Waals surface area contributed by atoms with E-state index in [0.717, 1.165) is 52.1 Å². The molecular weight excluding hydrogens is 230 g/mol. The van der Waals surface area contributed by atoms with Gasteiger partial charge in [-0.1, -0.05) is 0 Å². The number of carbonyl (C=O) groups is 1. The molecule has 0 bridgehead atoms. The molecule has 0 aromatic carbocycles. The SMILES string of the molecule is CC(C)N1CCN(C(=O)OC2CCNCC2)CC1. The first-order chi connectivity index (χ1) is 8.66. The lowest BCUT2D eigenvalue weighted by molar-refractivity contribution is 0.0317. The molecule has 2 heterocycles. The number of nitrogens with one attached hydrogen (secondary N) is 1. The second-order valence-electron chi connectivity index (χ2n) is 5.45. The van der Waals surface area contributed by atoms with Crippen LogP contribution in [0.5, 0.6) is 0 Å². The number of piperidine rings is 1. The van der Waals surface area contributed by atoms with Gasteiger partial charge in [0.25, 0.3) is 0 Å². The average molecular weight is 255 g/mol. The standard InChI is InChI=1S/C13H25N3O2/c1-11(2)15-7-9-16(10-8-15)13(17)18-12-3-5-14-6-4-12/h11-12,14H,3-10H2,1-2H3. The molecule has 5 nitrogen and oxygen atoms in total. The minimum atomic E-state index is -0.120. The molecule has 1 amide bonds. The quantitative estimate of drug-likeness (QED) is 0.796. The first kappa shape index (κ1) is 13.6. The molecule has 2 fully saturated rings. The summed E-state index contributed by atoms with van der Waals surface area (Å²) < 4.78 is 5.55. The topological polar surface area (TPSA) is 44.8 Å². The van der Waals surface area contributed by atoms with Gasteiger partial charge in [0, 0.05) is 32.2 Å². The Balaban J connectivity index is 1.73. The van der Waals surface area contributed by atoms with Crippen molar-refractivity contribution in [1.82, 2.24) is 15.1 Å². The van der Waals surface area contributed by atoms with Gasteiger partial charge in [0.1, 0.15) is 6.10 Å². The summed E-state index contributed by atoms with van der Waals surface area (Å²) in [5.74, 6) is 0. The van der Waals surface area contributed by atoms with E-state index in [1.807, 2.05) is 4.90 Å². The summed E-state index contributed by atoms with van der Waals surface area (Å²) in [6.07, 6.45) is 1.88. The normalized spacial score (nSPS) is 23.4. The van der Waals surface area contributed by atoms with Crippen LogP contribution in [0.25, 0.3) is 0 Å². The minimum Gasteiger partial charge on any atom is -0.446 e. The summed E-state index contributed by atoms with van der Waals surface area (Å²) in [7, 11) is 0. The second-order valence-corrected chi connectivity index (χ2v) is 5.45. The largest absolute Gasteiger partial charge is 0.446 e. The van der Waals surface area contributed by atoms with E-state index in [4.69, 9.17) is 4.74 Å². The summed E-state index contributed by atoms with van der Waals surface area (Å²) in [4.78, 5) is 16.3. The van der Waals surface area contributed by atoms with Crippen molar-refractivity contribution < 1.29 is 9.53 Å². The lowest BCUT2D eigenvalue weighted by Crippen LogP contribution is -2.51. The molecule has 2 rings (SSSR count). The zero-order chi connectivity index (χ0) is 13.0. The maximum Gasteiger partial charge on any atom is 0.410 e. The van der Waals surface area contributed by atoms with Gasteiger partial charge in [-0.2, -0.15) is 0 Å². The average Bonchev–Trinajstić information content (AvgIpc) is 2.40. The molecule has 0 aromatic heterocycles. The van der Waals surface area contributed by atoms with E-state index in [1.54, 1.807) is 0 Å². The molecule has 0 unspecified atom stereocenters. The van der Waals surface area contributed by atoms with Crippen LogP contribution >= 0.6 is 0 Å². The summed E-state index contributed by atoms with van der Waals surface area (Å²) in [6, 6.07) is 0.563. The summed E-state index contributed by atoms with van der Waals surface area (Å²) in [6.45, 7) is 9.81. The van der Waals surface area contributed by atoms with Crippen LogP contribution in [-0.4, -0.2) is 67.3 Å². The molecule has 2 aliphatic heterocycles. The Labute approximate surface area is 109 Å². The van der Waals surface area contributed by atoms with E-state index in [-0.39, 0.29) is 12.2 Å². The van der Waals surface area contributed by atoms with E-state index in [9.17, 15) is 4.79 Å². The van der Waals surface area contributed by atoms with Crippen molar-refractivity contribution in [2.24, 2.45) is 0 Å². The zero-order valence-electron chi connectivity index (χ0n) is 11.5. The Morgan fingerprint density at radius 1 is 1.17 bits per heavy atom. The predicted octanol–water partition coefficient (Wildman–Crippen LogP) is 0.901. The Bertz CT molecular complexity index is 269. The van der Waals surface area contributed by atoms with E-state index in [0.29, 0.717) is 6.04 Å². The van der Waals surface area contributed by atoms with Crippen LogP contribution in [0.2, 0.25) is 0 Å². The van der Waals surface area contributed by atoms with Crippen molar-refractivity contribution in [3.8, 4) is 0 Å². The van der Waals surface area contributed by atoms with Gasteiger partial charge >= 0.3 is 6.09 Å². The van der Waals surface area contributed by atoms with Crippen molar-refractivity contribution in [1.29, 1.82) is 0 Å². The lowest BCUT2D eigenvalue weighted by Gasteiger charge is -2.37. The fraction of sp³-hybridized carbons (Fsp3) is 0.923. The lowest BCUT2D eigenvalue weighted by atomic mass is 10.1. The van der Waals surface area contributed by atoms with E-state index >= 15 is 0 Å². The Morgan fingerprint density at radius 3 is 2.33 bits per heavy atom. The monoisotopic (exact) mass is 255 g/mol. The molecular formula is C13H25N3O2. The molecule has 104 valence electrons. The van der Waals surface area contributed by atoms with Crippen LogP contribution in [-0.2, 0) is 4.74 Å². The highest BCUT2D eigenvalue weighted by atomic mass is 16.6. The van der Waals surface area contributed by atoms with Crippen molar-refractivity contribution in [3.63, 3.8) is 0 Å². The second kappa shape index (κ2) is 6.38. The smallest absolute Gasteiger partial charge is 0.410 e. The molecule has 0 aromatic rings. The number of rotatable bonds is 2. The van der Waals surface area contributed by atoms with Crippen molar-refractivity contribution in [2.75, 3.05) is 39.3 Å². The minimum absolute atomic E-state index is 0.113. The molecule has 0 aliphatic carbocycles. The van der Waals surface area contributed by atoms with E-state index in [2.05, 4.69) is 24.1 Å². The number of piperazine rings is 1. The fourth-order valence-corrected chi connectivity index (χ4v) is 2.55. The van der Waals surface area contributed by atoms with Crippen molar-refractivity contribution in [2.45, 2.75) is 38.8 Å². The van der Waals surface area contributed by atoms with Gasteiger partial charge in [-0.05, 0) is 39.8 Å². The number of nitrogens with zero attached hydrogens (tertiary/aromatic N) is 2. The van der Waals surface area contributed by atoms with Gasteiger partial charge in [-0.3, -0.25) is 4.90 Å². The molecule has 2 aliphatic rings. The molecule has 0 radical (unpaired) electrons. The molecule has 0 spiro atoms. The number of hydrogen-bond donors (Lipinski definition) is 1. The first-order valence-electron chi connectivity index (χ1n) is 7.07. The summed E-state index contributed by atoms with van der Waals surface area (Å²) >= 11 is 0. The molecule has 0 atom stereocenters. The molecule has 1 N–H and O–H groups in total. The van der Waals surface area contributed by atoms with Gasteiger partial charge < -0.3 is 15.0 Å². The van der Waals surface area contributed by atoms with Crippen LogP contribution in [0.15, 0.2) is 0 Å². The number of carbonyl (C=O) groups excluding carboxylic acids is 1. The third-order valence-corrected chi connectivity index (χ3v) is 3.86. The van der Waals surface area contributed by atoms with Gasteiger partial charge in [-0.15, -0.1) is 0 Å². The van der Waals surface area contributed by atoms with Crippen LogP contribution in [0.4, 0.5) is 4.79 Å². The molecule has 18 heavy (non-hydrogen) atoms. The zero-order valence-corrected chi connectivity index (χ0v) is 11.5. The first-order valence-corrected chi connectivity index (χ1v) is 7.07. The van der Waals surface area contributed by atoms with E-state index < -0.39 is 0 Å². The summed E-state index contributed by atoms with van der Waals surface area (Å²) in [5, 5.41) is 3.27. The third kappa shape index (κ3) is 3.59. The number of amides is 1. The maximum absolute atomic E-state index is 12.0. The van der Waals surface area contributed by atoms with Crippen LogP contribution in [0, 0.1) is 0 Å². The molecule has 5 heteroatoms. The van der Waals surface area contributed by atoms with Gasteiger partial charge in [0.05, 0.1) is 0 Å². The molecule has 2 saturated heterocycles. The van der Waals surface area contributed by atoms with Crippen molar-refractivity contribution >= 4 is 6.09 Å². The Morgan fingerprint density at radius 2 is 1.78 bits per heavy atom. The Kier molecular flexibility index (Phi) is 4.83. The number of hydrogen-bond acceptors (Lipinski definition) is 4. The highest BCUT2D eigenvalue weighted by Crippen LogP contribution is 2.12. The van der Waals surface area contributed by atoms with Gasteiger partial charge in [0.15, 0.2) is 0 Å². The highest BCUT2D eigenvalue weighted by molar-refractivity contribution is 5.68. The molecule has 0 saturated carbocycles. The van der Waals surface area contributed by atoms with Gasteiger partial charge in [0.2, 0.25) is 0 Å². The summed E-state index contributed by atoms with van der Waals surface area (Å²) in [5.41, 5.74) is 0. The van der Waals surface area contributed by atoms with Crippen LogP contribution < -0.4 is 5.32 Å². The van der Waals surface area contributed by atoms with E-state index in [1.165, 1.54) is 0 Å². The van der Waals surface area contributed by atoms with Crippen LogP contribution in [0.3, 0.4) is 0 Å².